The van der Waals surface area contributed by atoms with Crippen LogP contribution in [0.3, 0.4) is 0 Å². The summed E-state index contributed by atoms with van der Waals surface area (Å²) >= 11 is 0. The summed E-state index contributed by atoms with van der Waals surface area (Å²) in [6.45, 7) is 0. The number of benzene rings is 1. The van der Waals surface area contributed by atoms with Crippen LogP contribution in [-0.2, 0) is 6.42 Å². The fourth-order valence-corrected chi connectivity index (χ4v) is 1.89. The third kappa shape index (κ3) is 3.51. The van der Waals surface area contributed by atoms with E-state index in [-0.39, 0.29) is 5.56 Å². The number of aliphatic hydroxyl groups excluding tert-OH is 1. The van der Waals surface area contributed by atoms with E-state index in [2.05, 4.69) is 4.98 Å². The first-order valence-electron chi connectivity index (χ1n) is 6.12. The van der Waals surface area contributed by atoms with Crippen molar-refractivity contribution in [3.05, 3.63) is 59.7 Å². The minimum absolute atomic E-state index is 0.289. The molecule has 100 valence electrons. The second-order valence-corrected chi connectivity index (χ2v) is 4.26. The standard InChI is InChI=1S/C15H16FNO2/c1-19-12-6-7-13(14(16)10-12)15(18)8-5-11-4-2-3-9-17-11/h2-4,6-7,9-10,15,18H,5,8H2,1H3. The van der Waals surface area contributed by atoms with Gasteiger partial charge in [0.25, 0.3) is 0 Å². The number of ether oxygens (including phenoxy) is 1. The van der Waals surface area contributed by atoms with Crippen molar-refractivity contribution in [2.45, 2.75) is 18.9 Å². The molecule has 0 aliphatic heterocycles. The molecule has 19 heavy (non-hydrogen) atoms. The Labute approximate surface area is 111 Å². The summed E-state index contributed by atoms with van der Waals surface area (Å²) in [7, 11) is 1.48. The van der Waals surface area contributed by atoms with Crippen molar-refractivity contribution in [2.75, 3.05) is 7.11 Å². The lowest BCUT2D eigenvalue weighted by Gasteiger charge is -2.12. The monoisotopic (exact) mass is 261 g/mol. The van der Waals surface area contributed by atoms with Crippen LogP contribution in [0, 0.1) is 5.82 Å². The smallest absolute Gasteiger partial charge is 0.132 e. The Hall–Kier alpha value is -1.94. The zero-order valence-electron chi connectivity index (χ0n) is 10.7. The van der Waals surface area contributed by atoms with Crippen LogP contribution in [0.2, 0.25) is 0 Å². The molecule has 1 atom stereocenters. The van der Waals surface area contributed by atoms with E-state index < -0.39 is 11.9 Å². The third-order valence-electron chi connectivity index (χ3n) is 2.97. The quantitative estimate of drug-likeness (QED) is 0.899. The highest BCUT2D eigenvalue weighted by atomic mass is 19.1. The zero-order valence-corrected chi connectivity index (χ0v) is 10.7. The number of halogens is 1. The number of aryl methyl sites for hydroxylation is 1. The summed E-state index contributed by atoms with van der Waals surface area (Å²) in [6.07, 6.45) is 1.90. The maximum atomic E-state index is 13.8. The third-order valence-corrected chi connectivity index (χ3v) is 2.97. The lowest BCUT2D eigenvalue weighted by molar-refractivity contribution is 0.162. The van der Waals surface area contributed by atoms with E-state index in [1.165, 1.54) is 13.2 Å². The largest absolute Gasteiger partial charge is 0.497 e. The predicted octanol–water partition coefficient (Wildman–Crippen LogP) is 2.90. The fourth-order valence-electron chi connectivity index (χ4n) is 1.89. The molecule has 0 aliphatic rings. The molecular weight excluding hydrogens is 245 g/mol. The molecule has 1 N–H and O–H groups in total. The molecule has 0 bridgehead atoms. The van der Waals surface area contributed by atoms with E-state index in [9.17, 15) is 9.50 Å². The van der Waals surface area contributed by atoms with Crippen LogP contribution in [-0.4, -0.2) is 17.2 Å². The molecule has 0 saturated carbocycles. The second-order valence-electron chi connectivity index (χ2n) is 4.26. The molecule has 1 aromatic carbocycles. The van der Waals surface area contributed by atoms with Crippen LogP contribution in [0.15, 0.2) is 42.6 Å². The SMILES string of the molecule is COc1ccc(C(O)CCc2ccccn2)c(F)c1. The van der Waals surface area contributed by atoms with Gasteiger partial charge in [-0.25, -0.2) is 4.39 Å². The van der Waals surface area contributed by atoms with Crippen LogP contribution in [0.4, 0.5) is 4.39 Å². The van der Waals surface area contributed by atoms with E-state index in [0.717, 1.165) is 5.69 Å². The van der Waals surface area contributed by atoms with Gasteiger partial charge in [-0.2, -0.15) is 0 Å². The van der Waals surface area contributed by atoms with E-state index in [1.54, 1.807) is 18.3 Å². The lowest BCUT2D eigenvalue weighted by Crippen LogP contribution is -2.03. The molecule has 3 nitrogen and oxygen atoms in total. The Balaban J connectivity index is 2.02. The minimum Gasteiger partial charge on any atom is -0.497 e. The van der Waals surface area contributed by atoms with Gasteiger partial charge < -0.3 is 9.84 Å². The summed E-state index contributed by atoms with van der Waals surface area (Å²) in [5, 5.41) is 10.0. The fraction of sp³-hybridized carbons (Fsp3) is 0.267. The number of rotatable bonds is 5. The number of aliphatic hydroxyl groups is 1. The molecule has 0 amide bonds. The van der Waals surface area contributed by atoms with Gasteiger partial charge in [0.05, 0.1) is 13.2 Å². The molecule has 0 fully saturated rings. The molecule has 4 heteroatoms. The molecular formula is C15H16FNO2. The van der Waals surface area contributed by atoms with Crippen LogP contribution in [0.25, 0.3) is 0 Å². The van der Waals surface area contributed by atoms with E-state index >= 15 is 0 Å². The van der Waals surface area contributed by atoms with E-state index in [0.29, 0.717) is 18.6 Å². The van der Waals surface area contributed by atoms with Gasteiger partial charge >= 0.3 is 0 Å². The summed E-state index contributed by atoms with van der Waals surface area (Å²) in [4.78, 5) is 4.17. The van der Waals surface area contributed by atoms with Gasteiger partial charge in [0.1, 0.15) is 11.6 Å². The average molecular weight is 261 g/mol. The molecule has 2 rings (SSSR count). The van der Waals surface area contributed by atoms with Crippen molar-refractivity contribution in [1.29, 1.82) is 0 Å². The average Bonchev–Trinajstić information content (AvgIpc) is 2.45. The van der Waals surface area contributed by atoms with E-state index in [4.69, 9.17) is 4.74 Å². The first kappa shape index (κ1) is 13.5. The van der Waals surface area contributed by atoms with Crippen molar-refractivity contribution in [3.8, 4) is 5.75 Å². The number of hydrogen-bond donors (Lipinski definition) is 1. The van der Waals surface area contributed by atoms with Crippen molar-refractivity contribution in [1.82, 2.24) is 4.98 Å². The molecule has 0 saturated heterocycles. The van der Waals surface area contributed by atoms with Crippen molar-refractivity contribution in [3.63, 3.8) is 0 Å². The van der Waals surface area contributed by atoms with Gasteiger partial charge in [-0.3, -0.25) is 4.98 Å². The van der Waals surface area contributed by atoms with E-state index in [1.807, 2.05) is 18.2 Å². The van der Waals surface area contributed by atoms with Gasteiger partial charge in [0.15, 0.2) is 0 Å². The van der Waals surface area contributed by atoms with Crippen LogP contribution in [0.1, 0.15) is 23.8 Å². The second kappa shape index (κ2) is 6.29. The highest BCUT2D eigenvalue weighted by Gasteiger charge is 2.13. The van der Waals surface area contributed by atoms with Gasteiger partial charge in [0.2, 0.25) is 0 Å². The lowest BCUT2D eigenvalue weighted by atomic mass is 10.0. The van der Waals surface area contributed by atoms with Gasteiger partial charge in [-0.1, -0.05) is 6.07 Å². The van der Waals surface area contributed by atoms with Crippen molar-refractivity contribution in [2.24, 2.45) is 0 Å². The highest BCUT2D eigenvalue weighted by molar-refractivity contribution is 5.30. The Morgan fingerprint density at radius 2 is 2.16 bits per heavy atom. The molecule has 1 unspecified atom stereocenters. The predicted molar refractivity (Wildman–Crippen MR) is 70.5 cm³/mol. The number of aromatic nitrogens is 1. The Morgan fingerprint density at radius 3 is 2.79 bits per heavy atom. The van der Waals surface area contributed by atoms with Gasteiger partial charge in [0, 0.05) is 23.5 Å². The first-order valence-corrected chi connectivity index (χ1v) is 6.12. The summed E-state index contributed by atoms with van der Waals surface area (Å²) in [5.41, 5.74) is 1.17. The number of nitrogens with zero attached hydrogens (tertiary/aromatic N) is 1. The normalized spacial score (nSPS) is 12.2. The van der Waals surface area contributed by atoms with Crippen LogP contribution >= 0.6 is 0 Å². The molecule has 1 heterocycles. The Morgan fingerprint density at radius 1 is 1.32 bits per heavy atom. The summed E-state index contributed by atoms with van der Waals surface area (Å²) in [5.74, 6) is -0.00829. The zero-order chi connectivity index (χ0) is 13.7. The van der Waals surface area contributed by atoms with Gasteiger partial charge in [-0.15, -0.1) is 0 Å². The summed E-state index contributed by atoms with van der Waals surface area (Å²) in [6, 6.07) is 10.1. The Bertz CT molecular complexity index is 531. The molecule has 0 aliphatic carbocycles. The summed E-state index contributed by atoms with van der Waals surface area (Å²) < 4.78 is 18.7. The minimum atomic E-state index is -0.840. The molecule has 2 aromatic rings. The number of hydrogen-bond acceptors (Lipinski definition) is 3. The van der Waals surface area contributed by atoms with Gasteiger partial charge in [-0.05, 0) is 37.1 Å². The van der Waals surface area contributed by atoms with Crippen molar-refractivity contribution < 1.29 is 14.2 Å². The topological polar surface area (TPSA) is 42.4 Å². The van der Waals surface area contributed by atoms with Crippen LogP contribution < -0.4 is 4.74 Å². The Kier molecular flexibility index (Phi) is 4.47. The number of pyridine rings is 1. The molecule has 1 aromatic heterocycles. The van der Waals surface area contributed by atoms with Crippen molar-refractivity contribution >= 4 is 0 Å². The maximum absolute atomic E-state index is 13.8. The maximum Gasteiger partial charge on any atom is 0.132 e. The highest BCUT2D eigenvalue weighted by Crippen LogP contribution is 2.24. The van der Waals surface area contributed by atoms with Crippen LogP contribution in [0.5, 0.6) is 5.75 Å². The molecule has 0 radical (unpaired) electrons. The molecule has 0 spiro atoms. The number of methoxy groups -OCH3 is 1. The first-order chi connectivity index (χ1) is 9.20.